The molecular weight excluding hydrogens is 276 g/mol. The number of nitrogens with zero attached hydrogens (tertiary/aromatic N) is 3. The van der Waals surface area contributed by atoms with Crippen LogP contribution in [0.3, 0.4) is 0 Å². The van der Waals surface area contributed by atoms with Crippen molar-refractivity contribution in [3.63, 3.8) is 0 Å². The first-order valence-electron chi connectivity index (χ1n) is 6.12. The molecule has 20 heavy (non-hydrogen) atoms. The number of carboxylic acid groups (broad SMARTS) is 1. The fourth-order valence-corrected chi connectivity index (χ4v) is 2.18. The Labute approximate surface area is 121 Å². The molecular formula is C13H16N4O2S. The average Bonchev–Trinajstić information content (AvgIpc) is 2.85. The zero-order valence-electron chi connectivity index (χ0n) is 11.5. The zero-order chi connectivity index (χ0) is 14.8. The van der Waals surface area contributed by atoms with Gasteiger partial charge >= 0.3 is 5.97 Å². The Kier molecular flexibility index (Phi) is 3.99. The van der Waals surface area contributed by atoms with Crippen molar-refractivity contribution in [2.45, 2.75) is 32.7 Å². The van der Waals surface area contributed by atoms with Crippen LogP contribution in [0.2, 0.25) is 0 Å². The summed E-state index contributed by atoms with van der Waals surface area (Å²) in [5, 5.41) is 12.7. The highest BCUT2D eigenvalue weighted by atomic mass is 32.1. The van der Waals surface area contributed by atoms with Gasteiger partial charge in [-0.25, -0.2) is 14.8 Å². The molecule has 0 bridgehead atoms. The van der Waals surface area contributed by atoms with Crippen LogP contribution >= 0.6 is 11.5 Å². The van der Waals surface area contributed by atoms with E-state index >= 15 is 0 Å². The summed E-state index contributed by atoms with van der Waals surface area (Å²) in [5.41, 5.74) is 0.864. The molecule has 0 unspecified atom stereocenters. The molecule has 2 aromatic heterocycles. The first-order valence-corrected chi connectivity index (χ1v) is 6.90. The van der Waals surface area contributed by atoms with E-state index in [1.165, 1.54) is 17.6 Å². The second-order valence-electron chi connectivity index (χ2n) is 5.38. The molecule has 2 heterocycles. The van der Waals surface area contributed by atoms with Gasteiger partial charge in [0.05, 0.1) is 0 Å². The summed E-state index contributed by atoms with van der Waals surface area (Å²) >= 11 is 1.32. The molecule has 0 saturated carbocycles. The maximum atomic E-state index is 10.7. The van der Waals surface area contributed by atoms with Gasteiger partial charge in [-0.05, 0) is 11.6 Å². The van der Waals surface area contributed by atoms with Gasteiger partial charge in [-0.15, -0.1) is 0 Å². The fraction of sp³-hybridized carbons (Fsp3) is 0.385. The van der Waals surface area contributed by atoms with E-state index in [0.29, 0.717) is 6.54 Å². The normalized spacial score (nSPS) is 11.3. The Morgan fingerprint density at radius 3 is 2.65 bits per heavy atom. The SMILES string of the molecule is CC(C)(C)c1nsc(NCc2ccc(C(=O)O)nc2)n1. The monoisotopic (exact) mass is 292 g/mol. The second kappa shape index (κ2) is 5.54. The van der Waals surface area contributed by atoms with Gasteiger partial charge in [0.1, 0.15) is 11.5 Å². The van der Waals surface area contributed by atoms with Gasteiger partial charge in [0.25, 0.3) is 0 Å². The topological polar surface area (TPSA) is 88.0 Å². The minimum absolute atomic E-state index is 0.0414. The lowest BCUT2D eigenvalue weighted by Gasteiger charge is -2.12. The number of anilines is 1. The Balaban J connectivity index is 1.98. The molecule has 0 spiro atoms. The molecule has 7 heteroatoms. The van der Waals surface area contributed by atoms with Gasteiger partial charge in [-0.3, -0.25) is 0 Å². The number of hydrogen-bond acceptors (Lipinski definition) is 6. The predicted octanol–water partition coefficient (Wildman–Crippen LogP) is 2.54. The van der Waals surface area contributed by atoms with Crippen LogP contribution in [0.1, 0.15) is 42.6 Å². The van der Waals surface area contributed by atoms with Gasteiger partial charge in [-0.1, -0.05) is 26.8 Å². The third-order valence-electron chi connectivity index (χ3n) is 2.58. The lowest BCUT2D eigenvalue weighted by atomic mass is 9.96. The molecule has 0 atom stereocenters. The minimum Gasteiger partial charge on any atom is -0.477 e. The molecule has 2 N–H and O–H groups in total. The van der Waals surface area contributed by atoms with Crippen molar-refractivity contribution >= 4 is 22.6 Å². The first-order chi connectivity index (χ1) is 9.36. The predicted molar refractivity (Wildman–Crippen MR) is 77.1 cm³/mol. The molecule has 0 saturated heterocycles. The maximum Gasteiger partial charge on any atom is 0.354 e. The highest BCUT2D eigenvalue weighted by Gasteiger charge is 2.19. The number of rotatable bonds is 4. The van der Waals surface area contributed by atoms with Crippen molar-refractivity contribution in [3.8, 4) is 0 Å². The molecule has 0 aliphatic heterocycles. The third kappa shape index (κ3) is 3.51. The van der Waals surface area contributed by atoms with Crippen LogP contribution in [0.25, 0.3) is 0 Å². The van der Waals surface area contributed by atoms with Gasteiger partial charge < -0.3 is 10.4 Å². The second-order valence-corrected chi connectivity index (χ2v) is 6.14. The van der Waals surface area contributed by atoms with Crippen molar-refractivity contribution in [2.75, 3.05) is 5.32 Å². The summed E-state index contributed by atoms with van der Waals surface area (Å²) in [5.74, 6) is -0.215. The fourth-order valence-electron chi connectivity index (χ4n) is 1.43. The highest BCUT2D eigenvalue weighted by Crippen LogP contribution is 2.23. The Morgan fingerprint density at radius 1 is 1.40 bits per heavy atom. The van der Waals surface area contributed by atoms with Crippen LogP contribution in [0, 0.1) is 0 Å². The van der Waals surface area contributed by atoms with Gasteiger partial charge in [0, 0.05) is 29.7 Å². The van der Waals surface area contributed by atoms with Crippen LogP contribution in [0.5, 0.6) is 0 Å². The number of carbonyl (C=O) groups is 1. The minimum atomic E-state index is -1.02. The standard InChI is InChI=1S/C13H16N4O2S/c1-13(2,3)11-16-12(20-17-11)15-7-8-4-5-9(10(18)19)14-6-8/h4-6H,7H2,1-3H3,(H,18,19)(H,15,16,17). The molecule has 0 aliphatic carbocycles. The first kappa shape index (κ1) is 14.4. The van der Waals surface area contributed by atoms with Gasteiger partial charge in [-0.2, -0.15) is 4.37 Å². The summed E-state index contributed by atoms with van der Waals surface area (Å²) in [4.78, 5) is 19.0. The number of aromatic carboxylic acids is 1. The number of carboxylic acids is 1. The summed E-state index contributed by atoms with van der Waals surface area (Å²) < 4.78 is 4.31. The van der Waals surface area contributed by atoms with Crippen molar-refractivity contribution in [2.24, 2.45) is 0 Å². The van der Waals surface area contributed by atoms with Crippen LogP contribution in [0.4, 0.5) is 5.13 Å². The smallest absolute Gasteiger partial charge is 0.354 e. The third-order valence-corrected chi connectivity index (χ3v) is 3.26. The largest absolute Gasteiger partial charge is 0.477 e. The van der Waals surface area contributed by atoms with Gasteiger partial charge in [0.15, 0.2) is 0 Å². The number of nitrogens with one attached hydrogen (secondary N) is 1. The molecule has 2 aromatic rings. The lowest BCUT2D eigenvalue weighted by Crippen LogP contribution is -2.13. The van der Waals surface area contributed by atoms with E-state index in [2.05, 4.69) is 40.4 Å². The van der Waals surface area contributed by atoms with E-state index in [1.54, 1.807) is 12.3 Å². The molecule has 106 valence electrons. The molecule has 0 amide bonds. The summed E-state index contributed by atoms with van der Waals surface area (Å²) in [6.07, 6.45) is 1.54. The van der Waals surface area contributed by atoms with Crippen molar-refractivity contribution in [1.29, 1.82) is 0 Å². The zero-order valence-corrected chi connectivity index (χ0v) is 12.4. The molecule has 0 aromatic carbocycles. The molecule has 2 rings (SSSR count). The molecule has 6 nitrogen and oxygen atoms in total. The van der Waals surface area contributed by atoms with Crippen molar-refractivity contribution < 1.29 is 9.90 Å². The molecule has 0 fully saturated rings. The lowest BCUT2D eigenvalue weighted by molar-refractivity contribution is 0.0690. The van der Waals surface area contributed by atoms with E-state index in [0.717, 1.165) is 16.5 Å². The summed E-state index contributed by atoms with van der Waals surface area (Å²) in [6, 6.07) is 3.22. The van der Waals surface area contributed by atoms with E-state index in [1.807, 2.05) is 0 Å². The average molecular weight is 292 g/mol. The van der Waals surface area contributed by atoms with Crippen LogP contribution in [0.15, 0.2) is 18.3 Å². The Bertz CT molecular complexity index is 602. The summed E-state index contributed by atoms with van der Waals surface area (Å²) in [6.45, 7) is 6.72. The van der Waals surface area contributed by atoms with E-state index in [-0.39, 0.29) is 11.1 Å². The highest BCUT2D eigenvalue weighted by molar-refractivity contribution is 7.09. The Hall–Kier alpha value is -2.02. The van der Waals surface area contributed by atoms with E-state index < -0.39 is 5.97 Å². The number of aromatic nitrogens is 3. The van der Waals surface area contributed by atoms with Crippen molar-refractivity contribution in [1.82, 2.24) is 14.3 Å². The van der Waals surface area contributed by atoms with Crippen LogP contribution < -0.4 is 5.32 Å². The van der Waals surface area contributed by atoms with Crippen LogP contribution in [-0.4, -0.2) is 25.4 Å². The van der Waals surface area contributed by atoms with Gasteiger partial charge in [0.2, 0.25) is 5.13 Å². The number of hydrogen-bond donors (Lipinski definition) is 2. The summed E-state index contributed by atoms with van der Waals surface area (Å²) in [7, 11) is 0. The Morgan fingerprint density at radius 2 is 2.15 bits per heavy atom. The maximum absolute atomic E-state index is 10.7. The van der Waals surface area contributed by atoms with Crippen LogP contribution in [-0.2, 0) is 12.0 Å². The number of pyridine rings is 1. The molecule has 0 aliphatic rings. The van der Waals surface area contributed by atoms with E-state index in [4.69, 9.17) is 5.11 Å². The molecule has 0 radical (unpaired) electrons. The quantitative estimate of drug-likeness (QED) is 0.900. The van der Waals surface area contributed by atoms with Crippen molar-refractivity contribution in [3.05, 3.63) is 35.4 Å². The van der Waals surface area contributed by atoms with E-state index in [9.17, 15) is 4.79 Å².